The first-order valence-electron chi connectivity index (χ1n) is 4.66. The highest BCUT2D eigenvalue weighted by atomic mass is 79.9. The average Bonchev–Trinajstić information content (AvgIpc) is 2.29. The molecular weight excluding hydrogens is 276 g/mol. The summed E-state index contributed by atoms with van der Waals surface area (Å²) in [6.07, 6.45) is -0.987. The molecule has 0 amide bonds. The number of carbonyl (C=O) groups excluding carboxylic acids is 1. The van der Waals surface area contributed by atoms with Crippen molar-refractivity contribution in [3.63, 3.8) is 0 Å². The molecule has 0 spiro atoms. The summed E-state index contributed by atoms with van der Waals surface area (Å²) in [6.45, 7) is 0. The zero-order chi connectivity index (χ0) is 12.1. The molecule has 88 valence electrons. The van der Waals surface area contributed by atoms with Gasteiger partial charge in [-0.2, -0.15) is 0 Å². The summed E-state index contributed by atoms with van der Waals surface area (Å²) in [5.41, 5.74) is 0.602. The topological polar surface area (TPSA) is 55.8 Å². The van der Waals surface area contributed by atoms with E-state index >= 15 is 0 Å². The molecule has 0 bridgehead atoms. The molecule has 0 radical (unpaired) electrons. The summed E-state index contributed by atoms with van der Waals surface area (Å²) in [5.74, 6) is 0.171. The number of hydrogen-bond donors (Lipinski definition) is 1. The lowest BCUT2D eigenvalue weighted by atomic mass is 10.1. The fraction of sp³-hybridized carbons (Fsp3) is 0.364. The van der Waals surface area contributed by atoms with Crippen molar-refractivity contribution >= 4 is 21.9 Å². The number of aliphatic hydroxyl groups is 1. The van der Waals surface area contributed by atoms with Crippen LogP contribution in [0.25, 0.3) is 0 Å². The van der Waals surface area contributed by atoms with Crippen LogP contribution < -0.4 is 4.74 Å². The molecule has 0 saturated heterocycles. The van der Waals surface area contributed by atoms with E-state index < -0.39 is 12.1 Å². The van der Waals surface area contributed by atoms with Gasteiger partial charge in [-0.25, -0.2) is 0 Å². The minimum Gasteiger partial charge on any atom is -0.497 e. The van der Waals surface area contributed by atoms with Crippen molar-refractivity contribution in [1.29, 1.82) is 0 Å². The van der Waals surface area contributed by atoms with Gasteiger partial charge in [-0.15, -0.1) is 0 Å². The van der Waals surface area contributed by atoms with Crippen LogP contribution in [-0.4, -0.2) is 25.3 Å². The number of halogens is 1. The van der Waals surface area contributed by atoms with E-state index in [1.807, 2.05) is 0 Å². The minimum absolute atomic E-state index is 0.0811. The van der Waals surface area contributed by atoms with E-state index in [1.165, 1.54) is 7.11 Å². The Hall–Kier alpha value is -1.07. The summed E-state index contributed by atoms with van der Waals surface area (Å²) in [5, 5.41) is 9.84. The van der Waals surface area contributed by atoms with Crippen molar-refractivity contribution in [2.45, 2.75) is 12.5 Å². The molecule has 0 heterocycles. The lowest BCUT2D eigenvalue weighted by molar-refractivity contribution is -0.142. The molecule has 0 unspecified atom stereocenters. The van der Waals surface area contributed by atoms with Gasteiger partial charge in [0, 0.05) is 4.47 Å². The molecule has 0 saturated carbocycles. The molecular formula is C11H13BrO4. The third-order valence-corrected chi connectivity index (χ3v) is 2.87. The van der Waals surface area contributed by atoms with Crippen LogP contribution in [0.4, 0.5) is 0 Å². The Morgan fingerprint density at radius 3 is 2.75 bits per heavy atom. The molecule has 4 nitrogen and oxygen atoms in total. The Morgan fingerprint density at radius 1 is 1.50 bits per heavy atom. The summed E-state index contributed by atoms with van der Waals surface area (Å²) in [6, 6.07) is 5.20. The predicted octanol–water partition coefficient (Wildman–Crippen LogP) is 2.05. The van der Waals surface area contributed by atoms with Crippen LogP contribution >= 0.6 is 15.9 Å². The highest BCUT2D eigenvalue weighted by Crippen LogP contribution is 2.29. The molecule has 0 fully saturated rings. The van der Waals surface area contributed by atoms with Crippen LogP contribution in [0.5, 0.6) is 5.75 Å². The summed E-state index contributed by atoms with van der Waals surface area (Å²) in [4.78, 5) is 11.0. The Kier molecular flexibility index (Phi) is 4.76. The zero-order valence-corrected chi connectivity index (χ0v) is 10.7. The highest BCUT2D eigenvalue weighted by Gasteiger charge is 2.16. The Labute approximate surface area is 102 Å². The van der Waals surface area contributed by atoms with Crippen LogP contribution in [0.2, 0.25) is 0 Å². The van der Waals surface area contributed by atoms with E-state index in [0.29, 0.717) is 11.3 Å². The number of carbonyl (C=O) groups is 1. The van der Waals surface area contributed by atoms with Gasteiger partial charge in [0.1, 0.15) is 5.75 Å². The van der Waals surface area contributed by atoms with Crippen molar-refractivity contribution in [2.24, 2.45) is 0 Å². The molecule has 1 aromatic rings. The average molecular weight is 289 g/mol. The van der Waals surface area contributed by atoms with Crippen LogP contribution in [0, 0.1) is 0 Å². The van der Waals surface area contributed by atoms with Gasteiger partial charge in [0.25, 0.3) is 0 Å². The van der Waals surface area contributed by atoms with Crippen LogP contribution in [0.3, 0.4) is 0 Å². The van der Waals surface area contributed by atoms with Crippen molar-refractivity contribution in [1.82, 2.24) is 0 Å². The Morgan fingerprint density at radius 2 is 2.19 bits per heavy atom. The van der Waals surface area contributed by atoms with Crippen molar-refractivity contribution < 1.29 is 19.4 Å². The standard InChI is InChI=1S/C11H13BrO4/c1-15-7-3-4-9(12)8(5-7)10(13)6-11(14)16-2/h3-5,10,13H,6H2,1-2H3/t10-/m0/s1. The lowest BCUT2D eigenvalue weighted by Crippen LogP contribution is -2.08. The van der Waals surface area contributed by atoms with E-state index in [2.05, 4.69) is 20.7 Å². The van der Waals surface area contributed by atoms with Crippen LogP contribution in [0.1, 0.15) is 18.1 Å². The summed E-state index contributed by atoms with van der Waals surface area (Å²) < 4.78 is 10.3. The first-order valence-corrected chi connectivity index (χ1v) is 5.46. The lowest BCUT2D eigenvalue weighted by Gasteiger charge is -2.12. The minimum atomic E-state index is -0.906. The fourth-order valence-corrected chi connectivity index (χ4v) is 1.77. The third-order valence-electron chi connectivity index (χ3n) is 2.15. The Bertz CT molecular complexity index is 378. The number of methoxy groups -OCH3 is 2. The van der Waals surface area contributed by atoms with Gasteiger partial charge < -0.3 is 14.6 Å². The van der Waals surface area contributed by atoms with Gasteiger partial charge in [-0.05, 0) is 23.8 Å². The van der Waals surface area contributed by atoms with Gasteiger partial charge >= 0.3 is 5.97 Å². The summed E-state index contributed by atoms with van der Waals surface area (Å²) >= 11 is 3.30. The number of ether oxygens (including phenoxy) is 2. The molecule has 5 heteroatoms. The second-order valence-corrected chi connectivity index (χ2v) is 4.04. The van der Waals surface area contributed by atoms with Crippen LogP contribution in [-0.2, 0) is 9.53 Å². The van der Waals surface area contributed by atoms with E-state index in [9.17, 15) is 9.90 Å². The largest absolute Gasteiger partial charge is 0.497 e. The van der Waals surface area contributed by atoms with E-state index in [-0.39, 0.29) is 6.42 Å². The van der Waals surface area contributed by atoms with E-state index in [0.717, 1.165) is 4.47 Å². The first-order chi connectivity index (χ1) is 7.58. The molecule has 0 aliphatic heterocycles. The van der Waals surface area contributed by atoms with Crippen molar-refractivity contribution in [3.8, 4) is 5.75 Å². The van der Waals surface area contributed by atoms with E-state index in [4.69, 9.17) is 4.74 Å². The molecule has 1 rings (SSSR count). The maximum Gasteiger partial charge on any atom is 0.308 e. The van der Waals surface area contributed by atoms with Gasteiger partial charge in [0.15, 0.2) is 0 Å². The Balaban J connectivity index is 2.88. The first kappa shape index (κ1) is 13.0. The molecule has 1 N–H and O–H groups in total. The van der Waals surface area contributed by atoms with Gasteiger partial charge in [0.2, 0.25) is 0 Å². The molecule has 0 aliphatic rings. The number of benzene rings is 1. The van der Waals surface area contributed by atoms with Gasteiger partial charge in [-0.3, -0.25) is 4.79 Å². The summed E-state index contributed by atoms with van der Waals surface area (Å²) in [7, 11) is 2.83. The third kappa shape index (κ3) is 3.21. The van der Waals surface area contributed by atoms with Crippen LogP contribution in [0.15, 0.2) is 22.7 Å². The molecule has 0 aromatic heterocycles. The quantitative estimate of drug-likeness (QED) is 0.862. The maximum atomic E-state index is 11.0. The monoisotopic (exact) mass is 288 g/mol. The number of rotatable bonds is 4. The molecule has 1 atom stereocenters. The second kappa shape index (κ2) is 5.86. The highest BCUT2D eigenvalue weighted by molar-refractivity contribution is 9.10. The smallest absolute Gasteiger partial charge is 0.308 e. The predicted molar refractivity (Wildman–Crippen MR) is 62.3 cm³/mol. The molecule has 1 aromatic carbocycles. The maximum absolute atomic E-state index is 11.0. The number of esters is 1. The number of aliphatic hydroxyl groups excluding tert-OH is 1. The molecule has 0 aliphatic carbocycles. The van der Waals surface area contributed by atoms with Gasteiger partial charge in [-0.1, -0.05) is 15.9 Å². The zero-order valence-electron chi connectivity index (χ0n) is 9.07. The van der Waals surface area contributed by atoms with Crippen molar-refractivity contribution in [3.05, 3.63) is 28.2 Å². The fourth-order valence-electron chi connectivity index (χ4n) is 1.26. The SMILES string of the molecule is COC(=O)C[C@H](O)c1cc(OC)ccc1Br. The van der Waals surface area contributed by atoms with Gasteiger partial charge in [0.05, 0.1) is 26.7 Å². The number of hydrogen-bond acceptors (Lipinski definition) is 4. The molecule has 16 heavy (non-hydrogen) atoms. The van der Waals surface area contributed by atoms with E-state index in [1.54, 1.807) is 25.3 Å². The second-order valence-electron chi connectivity index (χ2n) is 3.18. The van der Waals surface area contributed by atoms with Crippen molar-refractivity contribution in [2.75, 3.05) is 14.2 Å². The normalized spacial score (nSPS) is 12.0.